The summed E-state index contributed by atoms with van der Waals surface area (Å²) in [6, 6.07) is 19.8. The number of aromatic nitrogens is 1. The highest BCUT2D eigenvalue weighted by molar-refractivity contribution is 9.10. The molecule has 0 aliphatic heterocycles. The van der Waals surface area contributed by atoms with Crippen molar-refractivity contribution < 1.29 is 0 Å². The van der Waals surface area contributed by atoms with Crippen LogP contribution < -0.4 is 0 Å². The fraction of sp³-hybridized carbons (Fsp3) is 0.0952. The van der Waals surface area contributed by atoms with E-state index >= 15 is 0 Å². The van der Waals surface area contributed by atoms with Crippen LogP contribution in [0.1, 0.15) is 22.5 Å². The Bertz CT molecular complexity index is 1010. The van der Waals surface area contributed by atoms with Gasteiger partial charge in [-0.3, -0.25) is 0 Å². The second-order valence-corrected chi connectivity index (χ2v) is 7.08. The van der Waals surface area contributed by atoms with E-state index < -0.39 is 0 Å². The Hall–Kier alpha value is -2.28. The molecule has 2 nitrogen and oxygen atoms in total. The molecule has 0 amide bonds. The molecule has 0 saturated heterocycles. The molecule has 0 unspecified atom stereocenters. The molecule has 0 N–H and O–H groups in total. The van der Waals surface area contributed by atoms with E-state index in [2.05, 4.69) is 52.5 Å². The second kappa shape index (κ2) is 7.31. The fourth-order valence-electron chi connectivity index (χ4n) is 2.93. The molecule has 25 heavy (non-hydrogen) atoms. The molecule has 0 bridgehead atoms. The minimum absolute atomic E-state index is 0.592. The van der Waals surface area contributed by atoms with E-state index in [-0.39, 0.29) is 0 Å². The Labute approximate surface area is 161 Å². The molecule has 124 valence electrons. The van der Waals surface area contributed by atoms with Crippen LogP contribution in [0.4, 0.5) is 0 Å². The molecule has 3 rings (SSSR count). The van der Waals surface area contributed by atoms with Crippen LogP contribution in [-0.4, -0.2) is 4.57 Å². The third kappa shape index (κ3) is 3.56. The molecule has 0 saturated carbocycles. The Balaban J connectivity index is 2.12. The van der Waals surface area contributed by atoms with Gasteiger partial charge in [-0.15, -0.1) is 0 Å². The monoisotopic (exact) mass is 410 g/mol. The van der Waals surface area contributed by atoms with Gasteiger partial charge in [0.25, 0.3) is 0 Å². The summed E-state index contributed by atoms with van der Waals surface area (Å²) in [6.45, 7) is 4.13. The predicted octanol–water partition coefficient (Wildman–Crippen LogP) is 6.57. The summed E-state index contributed by atoms with van der Waals surface area (Å²) in [7, 11) is 0. The van der Waals surface area contributed by atoms with Crippen LogP contribution in [0.5, 0.6) is 0 Å². The zero-order valence-electron chi connectivity index (χ0n) is 13.9. The lowest BCUT2D eigenvalue weighted by molar-refractivity contribution is 0.959. The number of nitrogens with zero attached hydrogens (tertiary/aromatic N) is 2. The van der Waals surface area contributed by atoms with Crippen molar-refractivity contribution in [2.75, 3.05) is 0 Å². The first-order valence-electron chi connectivity index (χ1n) is 7.83. The molecule has 1 aromatic heterocycles. The molecule has 4 heteroatoms. The van der Waals surface area contributed by atoms with E-state index in [1.54, 1.807) is 6.07 Å². The van der Waals surface area contributed by atoms with Gasteiger partial charge < -0.3 is 4.57 Å². The number of allylic oxidation sites excluding steroid dienone is 1. The first kappa shape index (κ1) is 17.5. The molecule has 0 spiro atoms. The Morgan fingerprint density at radius 3 is 2.56 bits per heavy atom. The lowest BCUT2D eigenvalue weighted by Crippen LogP contribution is -1.99. The third-order valence-corrected chi connectivity index (χ3v) is 5.03. The normalized spacial score (nSPS) is 11.4. The first-order valence-corrected chi connectivity index (χ1v) is 9.00. The SMILES string of the molecule is Cc1cc(/C=C(/C#N)c2cccc(Cl)c2)c(C)n1-c1ccccc1Br. The molecule has 2 aromatic carbocycles. The zero-order valence-corrected chi connectivity index (χ0v) is 16.3. The number of halogens is 2. The molecular formula is C21H16BrClN2. The van der Waals surface area contributed by atoms with Gasteiger partial charge in [-0.1, -0.05) is 35.9 Å². The number of aryl methyl sites for hydroxylation is 1. The minimum atomic E-state index is 0.592. The number of hydrogen-bond acceptors (Lipinski definition) is 1. The smallest absolute Gasteiger partial charge is 0.0998 e. The van der Waals surface area contributed by atoms with E-state index in [9.17, 15) is 5.26 Å². The summed E-state index contributed by atoms with van der Waals surface area (Å²) >= 11 is 9.68. The number of rotatable bonds is 3. The van der Waals surface area contributed by atoms with Gasteiger partial charge in [-0.25, -0.2) is 0 Å². The van der Waals surface area contributed by atoms with E-state index in [1.165, 1.54) is 0 Å². The largest absolute Gasteiger partial charge is 0.317 e. The van der Waals surface area contributed by atoms with Crippen molar-refractivity contribution in [1.29, 1.82) is 5.26 Å². The lowest BCUT2D eigenvalue weighted by Gasteiger charge is -2.11. The minimum Gasteiger partial charge on any atom is -0.317 e. The summed E-state index contributed by atoms with van der Waals surface area (Å²) < 4.78 is 3.21. The summed E-state index contributed by atoms with van der Waals surface area (Å²) in [6.07, 6.45) is 1.92. The van der Waals surface area contributed by atoms with E-state index in [1.807, 2.05) is 42.5 Å². The maximum Gasteiger partial charge on any atom is 0.0998 e. The van der Waals surface area contributed by atoms with Crippen LogP contribution in [0.2, 0.25) is 5.02 Å². The van der Waals surface area contributed by atoms with Crippen molar-refractivity contribution >= 4 is 39.2 Å². The summed E-state index contributed by atoms with van der Waals surface area (Å²) in [5.41, 5.74) is 5.71. The quantitative estimate of drug-likeness (QED) is 0.448. The topological polar surface area (TPSA) is 28.7 Å². The van der Waals surface area contributed by atoms with Crippen molar-refractivity contribution in [3.63, 3.8) is 0 Å². The van der Waals surface area contributed by atoms with E-state index in [0.29, 0.717) is 10.6 Å². The average Bonchev–Trinajstić information content (AvgIpc) is 2.87. The lowest BCUT2D eigenvalue weighted by atomic mass is 10.0. The molecule has 0 atom stereocenters. The highest BCUT2D eigenvalue weighted by Gasteiger charge is 2.12. The van der Waals surface area contributed by atoms with Gasteiger partial charge in [0.15, 0.2) is 0 Å². The van der Waals surface area contributed by atoms with Gasteiger partial charge in [-0.2, -0.15) is 5.26 Å². The molecule has 3 aromatic rings. The van der Waals surface area contributed by atoms with Crippen molar-refractivity contribution in [3.05, 3.63) is 86.6 Å². The first-order chi connectivity index (χ1) is 12.0. The van der Waals surface area contributed by atoms with Gasteiger partial charge in [0, 0.05) is 20.9 Å². The number of benzene rings is 2. The highest BCUT2D eigenvalue weighted by Crippen LogP contribution is 2.29. The standard InChI is InChI=1S/C21H16BrClN2/c1-14-10-17(11-18(13-24)16-6-5-7-19(23)12-16)15(2)25(14)21-9-4-3-8-20(21)22/h3-12H,1-2H3/b18-11-. The Kier molecular flexibility index (Phi) is 5.13. The van der Waals surface area contributed by atoms with Gasteiger partial charge in [0.05, 0.1) is 17.3 Å². The molecule has 0 aliphatic carbocycles. The number of hydrogen-bond donors (Lipinski definition) is 0. The molecule has 0 fully saturated rings. The van der Waals surface area contributed by atoms with E-state index in [0.717, 1.165) is 32.7 Å². The second-order valence-electron chi connectivity index (χ2n) is 5.79. The van der Waals surface area contributed by atoms with Crippen LogP contribution in [0.15, 0.2) is 59.1 Å². The molecule has 0 radical (unpaired) electrons. The van der Waals surface area contributed by atoms with E-state index in [4.69, 9.17) is 11.6 Å². The molecule has 1 heterocycles. The van der Waals surface area contributed by atoms with Crippen LogP contribution >= 0.6 is 27.5 Å². The van der Waals surface area contributed by atoms with Gasteiger partial charge >= 0.3 is 0 Å². The van der Waals surface area contributed by atoms with Gasteiger partial charge in [0.1, 0.15) is 0 Å². The fourth-order valence-corrected chi connectivity index (χ4v) is 3.58. The molecular weight excluding hydrogens is 396 g/mol. The number of nitriles is 1. The van der Waals surface area contributed by atoms with Crippen molar-refractivity contribution in [2.45, 2.75) is 13.8 Å². The molecule has 0 aliphatic rings. The Morgan fingerprint density at radius 2 is 1.88 bits per heavy atom. The third-order valence-electron chi connectivity index (χ3n) is 4.12. The summed E-state index contributed by atoms with van der Waals surface area (Å²) in [5, 5.41) is 10.2. The predicted molar refractivity (Wildman–Crippen MR) is 108 cm³/mol. The van der Waals surface area contributed by atoms with Crippen molar-refractivity contribution in [2.24, 2.45) is 0 Å². The maximum absolute atomic E-state index is 9.58. The zero-order chi connectivity index (χ0) is 18.0. The van der Waals surface area contributed by atoms with Gasteiger partial charge in [0.2, 0.25) is 0 Å². The Morgan fingerprint density at radius 1 is 1.12 bits per heavy atom. The van der Waals surface area contributed by atoms with Gasteiger partial charge in [-0.05, 0) is 77.3 Å². The number of para-hydroxylation sites is 1. The average molecular weight is 412 g/mol. The van der Waals surface area contributed by atoms with Crippen LogP contribution in [0.3, 0.4) is 0 Å². The summed E-state index contributed by atoms with van der Waals surface area (Å²) in [4.78, 5) is 0. The van der Waals surface area contributed by atoms with Crippen molar-refractivity contribution in [3.8, 4) is 11.8 Å². The van der Waals surface area contributed by atoms with Crippen LogP contribution in [-0.2, 0) is 0 Å². The van der Waals surface area contributed by atoms with Crippen LogP contribution in [0.25, 0.3) is 17.3 Å². The highest BCUT2D eigenvalue weighted by atomic mass is 79.9. The van der Waals surface area contributed by atoms with Crippen LogP contribution in [0, 0.1) is 25.2 Å². The summed E-state index contributed by atoms with van der Waals surface area (Å²) in [5.74, 6) is 0. The van der Waals surface area contributed by atoms with Crippen molar-refractivity contribution in [1.82, 2.24) is 4.57 Å². The maximum atomic E-state index is 9.58.